The molecule has 0 heterocycles. The summed E-state index contributed by atoms with van der Waals surface area (Å²) >= 11 is 0. The topological polar surface area (TPSA) is 202 Å². The Morgan fingerprint density at radius 1 is 0.595 bits per heavy atom. The minimum absolute atomic E-state index is 0.212. The number of carboxylic acids is 2. The average Bonchev–Trinajstić information content (AvgIpc) is 2.90. The van der Waals surface area contributed by atoms with Gasteiger partial charge in [-0.1, -0.05) is 48.5 Å². The molecule has 2 aromatic carbocycles. The van der Waals surface area contributed by atoms with Crippen LogP contribution in [-0.4, -0.2) is 67.1 Å². The summed E-state index contributed by atoms with van der Waals surface area (Å²) in [5, 5.41) is 38.5. The quantitative estimate of drug-likeness (QED) is 0.176. The monoisotopic (exact) mass is 586 g/mol. The highest BCUT2D eigenvalue weighted by atomic mass is 16.5. The van der Waals surface area contributed by atoms with E-state index in [1.807, 2.05) is 0 Å². The summed E-state index contributed by atoms with van der Waals surface area (Å²) in [5.74, 6) is -9.63. The van der Waals surface area contributed by atoms with Crippen LogP contribution in [0, 0.1) is 11.8 Å². The fourth-order valence-electron chi connectivity index (χ4n) is 3.89. The van der Waals surface area contributed by atoms with E-state index in [9.17, 15) is 49.2 Å². The zero-order chi connectivity index (χ0) is 31.8. The van der Waals surface area contributed by atoms with Gasteiger partial charge < -0.3 is 29.9 Å². The zero-order valence-electron chi connectivity index (χ0n) is 23.7. The first-order chi connectivity index (χ1) is 19.4. The summed E-state index contributed by atoms with van der Waals surface area (Å²) in [6.07, 6.45) is -1.81. The minimum Gasteiger partial charge on any atom is -0.481 e. The van der Waals surface area contributed by atoms with Crippen LogP contribution in [0.1, 0.15) is 72.4 Å². The van der Waals surface area contributed by atoms with Gasteiger partial charge in [-0.25, -0.2) is 0 Å². The van der Waals surface area contributed by atoms with Crippen molar-refractivity contribution in [3.05, 3.63) is 70.8 Å². The molecule has 12 heteroatoms. The second-order valence-electron chi connectivity index (χ2n) is 10.8. The van der Waals surface area contributed by atoms with Crippen molar-refractivity contribution < 1.29 is 58.7 Å². The first-order valence-corrected chi connectivity index (χ1v) is 12.9. The molecule has 0 amide bonds. The average molecular weight is 587 g/mol. The number of carbonyl (C=O) groups is 6. The van der Waals surface area contributed by atoms with Crippen molar-refractivity contribution in [3.63, 3.8) is 0 Å². The van der Waals surface area contributed by atoms with Crippen molar-refractivity contribution in [1.29, 1.82) is 0 Å². The Labute approximate surface area is 241 Å². The molecule has 226 valence electrons. The molecule has 0 fully saturated rings. The number of ether oxygens (including phenoxy) is 2. The number of aliphatic hydroxyl groups is 2. The van der Waals surface area contributed by atoms with Gasteiger partial charge in [0.1, 0.15) is 24.4 Å². The first kappa shape index (κ1) is 33.8. The van der Waals surface area contributed by atoms with Gasteiger partial charge >= 0.3 is 23.9 Å². The van der Waals surface area contributed by atoms with E-state index in [2.05, 4.69) is 0 Å². The number of benzene rings is 2. The van der Waals surface area contributed by atoms with Gasteiger partial charge in [-0.05, 0) is 38.8 Å². The number of rotatable bonds is 15. The number of hydrogen-bond acceptors (Lipinski definition) is 10. The van der Waals surface area contributed by atoms with E-state index in [4.69, 9.17) is 9.47 Å². The number of hydrogen-bond donors (Lipinski definition) is 4. The Bertz CT molecular complexity index is 1210. The third kappa shape index (κ3) is 9.89. The molecule has 0 saturated carbocycles. The zero-order valence-corrected chi connectivity index (χ0v) is 23.7. The lowest BCUT2D eigenvalue weighted by Gasteiger charge is -2.22. The molecule has 0 aromatic heterocycles. The lowest BCUT2D eigenvalue weighted by molar-refractivity contribution is -0.167. The van der Waals surface area contributed by atoms with Gasteiger partial charge in [0, 0.05) is 11.1 Å². The molecule has 2 atom stereocenters. The van der Waals surface area contributed by atoms with Crippen LogP contribution in [0.5, 0.6) is 0 Å². The third-order valence-corrected chi connectivity index (χ3v) is 6.19. The second-order valence-corrected chi connectivity index (χ2v) is 10.8. The predicted octanol–water partition coefficient (Wildman–Crippen LogP) is 2.56. The second kappa shape index (κ2) is 14.0. The summed E-state index contributed by atoms with van der Waals surface area (Å²) in [7, 11) is 0. The number of Topliss-reactive ketones (excluding diaryl/α,β-unsaturated/α-hetero) is 2. The summed E-state index contributed by atoms with van der Waals surface area (Å²) in [4.78, 5) is 73.2. The molecule has 0 aliphatic rings. The van der Waals surface area contributed by atoms with E-state index < -0.39 is 71.3 Å². The van der Waals surface area contributed by atoms with Crippen LogP contribution >= 0.6 is 0 Å². The highest BCUT2D eigenvalue weighted by Crippen LogP contribution is 2.25. The Morgan fingerprint density at radius 2 is 0.881 bits per heavy atom. The van der Waals surface area contributed by atoms with E-state index >= 15 is 0 Å². The number of aliphatic carboxylic acids is 2. The fourth-order valence-corrected chi connectivity index (χ4v) is 3.89. The van der Waals surface area contributed by atoms with Gasteiger partial charge in [0.05, 0.1) is 24.7 Å². The molecular formula is C30H34O12. The van der Waals surface area contributed by atoms with Crippen LogP contribution in [0.15, 0.2) is 48.5 Å². The van der Waals surface area contributed by atoms with E-state index in [1.165, 1.54) is 76.2 Å². The van der Waals surface area contributed by atoms with Gasteiger partial charge in [0.15, 0.2) is 11.6 Å². The SMILES string of the molecule is CC(C)(O)C(=O)c1ccc(COC(=O)C(CC(=O)O)C(CC(=O)O)C(=O)OCc2ccc(C(=O)C(C)(C)O)cc2)cc1. The molecule has 0 bridgehead atoms. The van der Waals surface area contributed by atoms with Gasteiger partial charge in [-0.2, -0.15) is 0 Å². The van der Waals surface area contributed by atoms with Crippen LogP contribution in [0.2, 0.25) is 0 Å². The smallest absolute Gasteiger partial charge is 0.310 e. The van der Waals surface area contributed by atoms with Crippen LogP contribution in [0.25, 0.3) is 0 Å². The molecule has 0 aliphatic carbocycles. The maximum Gasteiger partial charge on any atom is 0.310 e. The summed E-state index contributed by atoms with van der Waals surface area (Å²) in [5.41, 5.74) is -1.94. The van der Waals surface area contributed by atoms with Crippen LogP contribution in [0.4, 0.5) is 0 Å². The predicted molar refractivity (Wildman–Crippen MR) is 145 cm³/mol. The summed E-state index contributed by atoms with van der Waals surface area (Å²) in [6, 6.07) is 11.5. The Hall–Kier alpha value is -4.42. The molecule has 0 spiro atoms. The Kier molecular flexibility index (Phi) is 11.2. The summed E-state index contributed by atoms with van der Waals surface area (Å²) in [6.45, 7) is 4.62. The molecule has 0 aliphatic heterocycles. The van der Waals surface area contributed by atoms with Gasteiger partial charge in [0.2, 0.25) is 0 Å². The van der Waals surface area contributed by atoms with Crippen LogP contribution in [0.3, 0.4) is 0 Å². The highest BCUT2D eigenvalue weighted by molar-refractivity contribution is 6.02. The summed E-state index contributed by atoms with van der Waals surface area (Å²) < 4.78 is 10.4. The van der Waals surface area contributed by atoms with Crippen molar-refractivity contribution in [1.82, 2.24) is 0 Å². The lowest BCUT2D eigenvalue weighted by Crippen LogP contribution is -2.35. The molecular weight excluding hydrogens is 552 g/mol. The molecule has 2 rings (SSSR count). The van der Waals surface area contributed by atoms with Crippen molar-refractivity contribution >= 4 is 35.4 Å². The van der Waals surface area contributed by atoms with Crippen LogP contribution in [-0.2, 0) is 41.9 Å². The van der Waals surface area contributed by atoms with Gasteiger partial charge in [0.25, 0.3) is 0 Å². The number of esters is 2. The molecule has 12 nitrogen and oxygen atoms in total. The number of carbonyl (C=O) groups excluding carboxylic acids is 4. The highest BCUT2D eigenvalue weighted by Gasteiger charge is 2.39. The fraction of sp³-hybridized carbons (Fsp3) is 0.400. The van der Waals surface area contributed by atoms with Crippen molar-refractivity contribution in [2.24, 2.45) is 11.8 Å². The normalized spacial score (nSPS) is 13.0. The van der Waals surface area contributed by atoms with Crippen LogP contribution < -0.4 is 0 Å². The molecule has 0 radical (unpaired) electrons. The first-order valence-electron chi connectivity index (χ1n) is 12.9. The molecule has 42 heavy (non-hydrogen) atoms. The maximum atomic E-state index is 12.9. The largest absolute Gasteiger partial charge is 0.481 e. The minimum atomic E-state index is -1.69. The third-order valence-electron chi connectivity index (χ3n) is 6.19. The molecule has 0 saturated heterocycles. The van der Waals surface area contributed by atoms with Crippen molar-refractivity contribution in [3.8, 4) is 0 Å². The Morgan fingerprint density at radius 3 is 1.12 bits per heavy atom. The number of ketones is 2. The van der Waals surface area contributed by atoms with Crippen molar-refractivity contribution in [2.75, 3.05) is 0 Å². The lowest BCUT2D eigenvalue weighted by atomic mass is 9.86. The van der Waals surface area contributed by atoms with E-state index in [0.29, 0.717) is 11.1 Å². The van der Waals surface area contributed by atoms with E-state index in [-0.39, 0.29) is 24.3 Å². The standard InChI is InChI=1S/C30H34O12/c1-29(2,39)25(35)19-9-5-17(6-10-19)15-41-27(37)21(13-23(31)32)22(14-24(33)34)28(38)42-16-18-7-11-20(12-8-18)26(36)30(3,4)40/h5-12,21-22,39-40H,13-16H2,1-4H3,(H,31,32)(H,33,34). The van der Waals surface area contributed by atoms with E-state index in [1.54, 1.807) is 0 Å². The molecule has 4 N–H and O–H groups in total. The van der Waals surface area contributed by atoms with Gasteiger partial charge in [-0.15, -0.1) is 0 Å². The number of carboxylic acid groups (broad SMARTS) is 2. The van der Waals surface area contributed by atoms with E-state index in [0.717, 1.165) is 0 Å². The van der Waals surface area contributed by atoms with Crippen molar-refractivity contribution in [2.45, 2.75) is 65.0 Å². The molecule has 2 unspecified atom stereocenters. The maximum absolute atomic E-state index is 12.9. The Balaban J connectivity index is 2.15. The van der Waals surface area contributed by atoms with Gasteiger partial charge in [-0.3, -0.25) is 28.8 Å². The molecule has 2 aromatic rings.